The van der Waals surface area contributed by atoms with Crippen molar-refractivity contribution in [3.8, 4) is 0 Å². The molecule has 1 saturated heterocycles. The lowest BCUT2D eigenvalue weighted by Crippen LogP contribution is -2.62. The number of nitrogens with one attached hydrogen (secondary N) is 1. The van der Waals surface area contributed by atoms with Crippen LogP contribution in [0, 0.1) is 50.7 Å². The van der Waals surface area contributed by atoms with E-state index in [0.717, 1.165) is 57.8 Å². The van der Waals surface area contributed by atoms with Gasteiger partial charge in [0.05, 0.1) is 29.5 Å². The van der Waals surface area contributed by atoms with Crippen LogP contribution in [0.3, 0.4) is 0 Å². The number of rotatable bonds is 6. The van der Waals surface area contributed by atoms with Gasteiger partial charge in [-0.25, -0.2) is 4.84 Å². The Morgan fingerprint density at radius 2 is 1.63 bits per heavy atom. The molecule has 7 nitrogen and oxygen atoms in total. The Labute approximate surface area is 264 Å². The number of hydrogen-bond donors (Lipinski definition) is 4. The van der Waals surface area contributed by atoms with Crippen LogP contribution in [-0.2, 0) is 14.3 Å². The zero-order valence-corrected chi connectivity index (χ0v) is 28.8. The summed E-state index contributed by atoms with van der Waals surface area (Å²) in [4.78, 5) is 15.7. The van der Waals surface area contributed by atoms with Crippen molar-refractivity contribution < 1.29 is 29.6 Å². The van der Waals surface area contributed by atoms with Gasteiger partial charge < -0.3 is 24.8 Å². The third kappa shape index (κ3) is 4.19. The lowest BCUT2D eigenvalue weighted by atomic mass is 9.41. The summed E-state index contributed by atoms with van der Waals surface area (Å²) >= 11 is 5.92. The molecule has 0 aromatic carbocycles. The normalized spacial score (nSPS) is 52.6. The number of ether oxygens (including phenoxy) is 2. The highest BCUT2D eigenvalue weighted by atomic mass is 35.5. The maximum atomic E-state index is 13.1. The van der Waals surface area contributed by atoms with Crippen LogP contribution in [0.25, 0.3) is 0 Å². The number of aliphatic hydroxyl groups is 3. The van der Waals surface area contributed by atoms with Crippen LogP contribution < -0.4 is 4.84 Å². The van der Waals surface area contributed by atoms with E-state index < -0.39 is 29.5 Å². The SMILES string of the molecule is CC(C)[C@H](NCl)C(=O)O[C@H]1CC[C@]23CC24CC[C@]2(C)[C@@H]([C@@]5(C)CC[C@@H](C(C)(C)O)O5)[C@@H](O)C[C@@]2(C)C4C[C@H](O)[C@H]3C1(C)C. The molecule has 5 saturated carbocycles. The summed E-state index contributed by atoms with van der Waals surface area (Å²) in [5.41, 5.74) is -1.85. The van der Waals surface area contributed by atoms with E-state index in [1.165, 1.54) is 0 Å². The Morgan fingerprint density at radius 1 is 0.953 bits per heavy atom. The van der Waals surface area contributed by atoms with Crippen molar-refractivity contribution >= 4 is 17.7 Å². The van der Waals surface area contributed by atoms with Crippen molar-refractivity contribution in [3.05, 3.63) is 0 Å². The largest absolute Gasteiger partial charge is 0.461 e. The van der Waals surface area contributed by atoms with Crippen LogP contribution >= 0.6 is 11.8 Å². The minimum Gasteiger partial charge on any atom is -0.461 e. The Balaban J connectivity index is 1.28. The van der Waals surface area contributed by atoms with Crippen LogP contribution in [0.15, 0.2) is 0 Å². The molecule has 1 aliphatic heterocycles. The van der Waals surface area contributed by atoms with E-state index in [4.69, 9.17) is 21.3 Å². The highest BCUT2D eigenvalue weighted by Gasteiger charge is 2.85. The number of esters is 1. The molecule has 0 aromatic rings. The predicted molar refractivity (Wildman–Crippen MR) is 166 cm³/mol. The summed E-state index contributed by atoms with van der Waals surface area (Å²) < 4.78 is 12.9. The third-order valence-electron chi connectivity index (χ3n) is 15.0. The van der Waals surface area contributed by atoms with Gasteiger partial charge in [-0.3, -0.25) is 4.79 Å². The number of aliphatic hydroxyl groups excluding tert-OH is 2. The van der Waals surface area contributed by atoms with E-state index in [1.807, 2.05) is 27.7 Å². The Bertz CT molecular complexity index is 1140. The van der Waals surface area contributed by atoms with Crippen molar-refractivity contribution in [1.29, 1.82) is 0 Å². The maximum absolute atomic E-state index is 13.1. The maximum Gasteiger partial charge on any atom is 0.324 e. The molecule has 2 spiro atoms. The average molecular weight is 624 g/mol. The molecule has 5 aliphatic carbocycles. The molecule has 43 heavy (non-hydrogen) atoms. The van der Waals surface area contributed by atoms with Crippen LogP contribution in [0.2, 0.25) is 0 Å². The predicted octanol–water partition coefficient (Wildman–Crippen LogP) is 5.76. The van der Waals surface area contributed by atoms with E-state index in [9.17, 15) is 20.1 Å². The summed E-state index contributed by atoms with van der Waals surface area (Å²) in [6, 6.07) is -0.566. The van der Waals surface area contributed by atoms with Crippen molar-refractivity contribution in [2.45, 2.75) is 162 Å². The summed E-state index contributed by atoms with van der Waals surface area (Å²) in [7, 11) is 0. The van der Waals surface area contributed by atoms with Gasteiger partial charge in [-0.15, -0.1) is 0 Å². The van der Waals surface area contributed by atoms with Gasteiger partial charge in [-0.05, 0) is 130 Å². The number of carbonyl (C=O) groups excluding carboxylic acids is 1. The smallest absolute Gasteiger partial charge is 0.324 e. The highest BCUT2D eigenvalue weighted by Crippen LogP contribution is 2.89. The Kier molecular flexibility index (Phi) is 7.40. The number of fused-ring (bicyclic) bond motifs is 2. The molecule has 2 unspecified atom stereocenters. The highest BCUT2D eigenvalue weighted by molar-refractivity contribution is 6.14. The quantitative estimate of drug-likeness (QED) is 0.220. The zero-order valence-electron chi connectivity index (χ0n) is 28.0. The van der Waals surface area contributed by atoms with E-state index >= 15 is 0 Å². The molecule has 1 heterocycles. The van der Waals surface area contributed by atoms with Gasteiger partial charge in [0.15, 0.2) is 0 Å². The van der Waals surface area contributed by atoms with Crippen LogP contribution in [0.5, 0.6) is 0 Å². The fourth-order valence-corrected chi connectivity index (χ4v) is 13.3. The van der Waals surface area contributed by atoms with Crippen LogP contribution in [0.4, 0.5) is 0 Å². The number of carbonyl (C=O) groups is 1. The molecule has 4 N–H and O–H groups in total. The molecular formula is C35H58ClNO6. The second kappa shape index (κ2) is 9.79. The van der Waals surface area contributed by atoms with Gasteiger partial charge in [0.1, 0.15) is 12.1 Å². The number of hydrogen-bond acceptors (Lipinski definition) is 7. The summed E-state index contributed by atoms with van der Waals surface area (Å²) in [5.74, 6) is 0.0592. The fourth-order valence-electron chi connectivity index (χ4n) is 13.0. The number of halogens is 1. The molecule has 6 fully saturated rings. The van der Waals surface area contributed by atoms with Crippen molar-refractivity contribution in [3.63, 3.8) is 0 Å². The summed E-state index contributed by atoms with van der Waals surface area (Å²) in [5, 5.41) is 34.8. The topological polar surface area (TPSA) is 108 Å². The zero-order chi connectivity index (χ0) is 31.8. The standard InChI is InChI=1S/C35H58ClNO6/c1-19(2)25(37-36)28(40)42-23-11-13-35-18-34(35)15-14-31(7)27(33(9)12-10-24(43-33)30(5,6)41)21(39)17-32(31,8)22(34)16-20(38)26(35)29(23,3)4/h19-27,37-39,41H,10-18H2,1-9H3/t20-,21-,22?,23-,24-,25-,26-,27-,31+,32-,33+,34?,35+/m0/s1. The van der Waals surface area contributed by atoms with Crippen molar-refractivity contribution in [1.82, 2.24) is 4.84 Å². The van der Waals surface area contributed by atoms with Gasteiger partial charge >= 0.3 is 5.97 Å². The minimum absolute atomic E-state index is 0.0107. The van der Waals surface area contributed by atoms with Gasteiger partial charge in [0.2, 0.25) is 0 Å². The van der Waals surface area contributed by atoms with E-state index in [1.54, 1.807) is 0 Å². The van der Waals surface area contributed by atoms with Crippen molar-refractivity contribution in [2.75, 3.05) is 0 Å². The molecule has 0 radical (unpaired) electrons. The second-order valence-corrected chi connectivity index (χ2v) is 18.4. The summed E-state index contributed by atoms with van der Waals surface area (Å²) in [6.07, 6.45) is 6.64. The molecule has 0 amide bonds. The van der Waals surface area contributed by atoms with Gasteiger partial charge in [0.25, 0.3) is 0 Å². The van der Waals surface area contributed by atoms with E-state index in [2.05, 4.69) is 39.5 Å². The monoisotopic (exact) mass is 623 g/mol. The molecule has 0 aromatic heterocycles. The van der Waals surface area contributed by atoms with Gasteiger partial charge in [0, 0.05) is 11.3 Å². The van der Waals surface area contributed by atoms with Crippen LogP contribution in [0.1, 0.15) is 120 Å². The van der Waals surface area contributed by atoms with E-state index in [-0.39, 0.29) is 63.0 Å². The third-order valence-corrected chi connectivity index (χ3v) is 15.3. The van der Waals surface area contributed by atoms with Crippen molar-refractivity contribution in [2.24, 2.45) is 50.7 Å². The lowest BCUT2D eigenvalue weighted by molar-refractivity contribution is -0.218. The minimum atomic E-state index is -0.915. The van der Waals surface area contributed by atoms with Gasteiger partial charge in [-0.1, -0.05) is 41.5 Å². The van der Waals surface area contributed by atoms with E-state index in [0.29, 0.717) is 5.92 Å². The first-order valence-electron chi connectivity index (χ1n) is 17.1. The first-order chi connectivity index (χ1) is 19.7. The van der Waals surface area contributed by atoms with Crippen LogP contribution in [-0.4, -0.2) is 62.9 Å². The average Bonchev–Trinajstić information content (AvgIpc) is 3.23. The first kappa shape index (κ1) is 32.5. The second-order valence-electron chi connectivity index (χ2n) is 18.1. The Morgan fingerprint density at radius 3 is 2.21 bits per heavy atom. The molecule has 246 valence electrons. The molecule has 6 aliphatic rings. The lowest BCUT2D eigenvalue weighted by Gasteiger charge is -2.64. The molecule has 6 rings (SSSR count). The Hall–Kier alpha value is -0.440. The molecule has 13 atom stereocenters. The van der Waals surface area contributed by atoms with Gasteiger partial charge in [-0.2, -0.15) is 0 Å². The summed E-state index contributed by atoms with van der Waals surface area (Å²) in [6.45, 7) is 18.9. The molecule has 8 heteroatoms. The first-order valence-corrected chi connectivity index (χ1v) is 17.4. The molecular weight excluding hydrogens is 566 g/mol. The fraction of sp³-hybridized carbons (Fsp3) is 0.971. The molecule has 0 bridgehead atoms.